The Hall–Kier alpha value is -1.54. The van der Waals surface area contributed by atoms with Gasteiger partial charge in [-0.1, -0.05) is 13.0 Å². The van der Waals surface area contributed by atoms with Crippen LogP contribution in [-0.2, 0) is 14.6 Å². The SMILES string of the molecule is CC(CN)C(=O)Nc1cccc(S(=O)(=O)C(F)F)c1. The Bertz CT molecular complexity index is 561. The summed E-state index contributed by atoms with van der Waals surface area (Å²) in [6.07, 6.45) is 0. The van der Waals surface area contributed by atoms with Crippen molar-refractivity contribution in [3.8, 4) is 0 Å². The highest BCUT2D eigenvalue weighted by Crippen LogP contribution is 2.21. The van der Waals surface area contributed by atoms with E-state index in [4.69, 9.17) is 5.73 Å². The first-order valence-electron chi connectivity index (χ1n) is 5.42. The van der Waals surface area contributed by atoms with Crippen molar-refractivity contribution in [3.05, 3.63) is 24.3 Å². The van der Waals surface area contributed by atoms with Crippen molar-refractivity contribution in [2.45, 2.75) is 17.6 Å². The Morgan fingerprint density at radius 2 is 2.05 bits per heavy atom. The largest absolute Gasteiger partial charge is 0.341 e. The fourth-order valence-electron chi connectivity index (χ4n) is 1.23. The summed E-state index contributed by atoms with van der Waals surface area (Å²) in [7, 11) is -4.67. The van der Waals surface area contributed by atoms with Crippen molar-refractivity contribution in [2.24, 2.45) is 11.7 Å². The highest BCUT2D eigenvalue weighted by molar-refractivity contribution is 7.91. The number of carbonyl (C=O) groups is 1. The molecule has 3 N–H and O–H groups in total. The fourth-order valence-corrected chi connectivity index (χ4v) is 1.99. The van der Waals surface area contributed by atoms with Crippen molar-refractivity contribution < 1.29 is 22.0 Å². The molecule has 1 aromatic carbocycles. The Kier molecular flexibility index (Phi) is 4.96. The molecular formula is C11H14F2N2O3S. The molecule has 0 spiro atoms. The maximum absolute atomic E-state index is 12.4. The number of hydrogen-bond donors (Lipinski definition) is 2. The van der Waals surface area contributed by atoms with Crippen LogP contribution in [0.1, 0.15) is 6.92 Å². The lowest BCUT2D eigenvalue weighted by Gasteiger charge is -2.11. The first kappa shape index (κ1) is 15.5. The summed E-state index contributed by atoms with van der Waals surface area (Å²) in [5.41, 5.74) is 5.44. The molecule has 0 bridgehead atoms. The zero-order chi connectivity index (χ0) is 14.6. The average Bonchev–Trinajstić information content (AvgIpc) is 2.37. The predicted molar refractivity (Wildman–Crippen MR) is 66.5 cm³/mol. The van der Waals surface area contributed by atoms with Gasteiger partial charge in [-0.15, -0.1) is 0 Å². The highest BCUT2D eigenvalue weighted by atomic mass is 32.2. The molecule has 8 heteroatoms. The number of carbonyl (C=O) groups excluding carboxylic acids is 1. The van der Waals surface area contributed by atoms with Crippen LogP contribution in [0.3, 0.4) is 0 Å². The van der Waals surface area contributed by atoms with E-state index in [-0.39, 0.29) is 12.2 Å². The van der Waals surface area contributed by atoms with Crippen LogP contribution >= 0.6 is 0 Å². The first-order chi connectivity index (χ1) is 8.78. The molecule has 0 aromatic heterocycles. The van der Waals surface area contributed by atoms with Crippen molar-refractivity contribution in [3.63, 3.8) is 0 Å². The third-order valence-corrected chi connectivity index (χ3v) is 3.85. The summed E-state index contributed by atoms with van der Waals surface area (Å²) < 4.78 is 47.3. The van der Waals surface area contributed by atoms with Crippen molar-refractivity contribution in [1.29, 1.82) is 0 Å². The van der Waals surface area contributed by atoms with Gasteiger partial charge in [0, 0.05) is 18.2 Å². The van der Waals surface area contributed by atoms with Gasteiger partial charge in [0.15, 0.2) is 0 Å². The van der Waals surface area contributed by atoms with Crippen LogP contribution in [0.5, 0.6) is 0 Å². The number of sulfone groups is 1. The van der Waals surface area contributed by atoms with Gasteiger partial charge in [-0.2, -0.15) is 8.78 Å². The number of benzene rings is 1. The standard InChI is InChI=1S/C11H14F2N2O3S/c1-7(6-14)10(16)15-8-3-2-4-9(5-8)19(17,18)11(12)13/h2-5,7,11H,6,14H2,1H3,(H,15,16). The number of rotatable bonds is 5. The maximum Gasteiger partial charge on any atom is 0.341 e. The topological polar surface area (TPSA) is 89.3 Å². The van der Waals surface area contributed by atoms with Crippen LogP contribution in [-0.4, -0.2) is 26.6 Å². The highest BCUT2D eigenvalue weighted by Gasteiger charge is 2.26. The van der Waals surface area contributed by atoms with E-state index >= 15 is 0 Å². The molecule has 1 rings (SSSR count). The lowest BCUT2D eigenvalue weighted by molar-refractivity contribution is -0.119. The normalized spacial score (nSPS) is 13.3. The second-order valence-corrected chi connectivity index (χ2v) is 5.88. The van der Waals surface area contributed by atoms with E-state index in [1.165, 1.54) is 12.1 Å². The number of nitrogens with one attached hydrogen (secondary N) is 1. The minimum atomic E-state index is -4.67. The Balaban J connectivity index is 2.99. The summed E-state index contributed by atoms with van der Waals surface area (Å²) in [4.78, 5) is 11.0. The lowest BCUT2D eigenvalue weighted by atomic mass is 10.1. The molecule has 0 aliphatic heterocycles. The van der Waals surface area contributed by atoms with Crippen LogP contribution < -0.4 is 11.1 Å². The fraction of sp³-hybridized carbons (Fsp3) is 0.364. The summed E-state index contributed by atoms with van der Waals surface area (Å²) in [6.45, 7) is 1.72. The molecule has 5 nitrogen and oxygen atoms in total. The molecule has 0 saturated carbocycles. The van der Waals surface area contributed by atoms with Gasteiger partial charge in [-0.25, -0.2) is 8.42 Å². The van der Waals surface area contributed by atoms with E-state index in [1.807, 2.05) is 0 Å². The van der Waals surface area contributed by atoms with Gasteiger partial charge in [-0.05, 0) is 18.2 Å². The number of amides is 1. The van der Waals surface area contributed by atoms with Crippen LogP contribution in [0.25, 0.3) is 0 Å². The third-order valence-electron chi connectivity index (χ3n) is 2.47. The quantitative estimate of drug-likeness (QED) is 0.854. The third kappa shape index (κ3) is 3.71. The monoisotopic (exact) mass is 292 g/mol. The average molecular weight is 292 g/mol. The van der Waals surface area contributed by atoms with E-state index in [1.54, 1.807) is 6.92 Å². The van der Waals surface area contributed by atoms with E-state index in [9.17, 15) is 22.0 Å². The predicted octanol–water partition coefficient (Wildman–Crippen LogP) is 1.22. The Labute approximate surface area is 109 Å². The van der Waals surface area contributed by atoms with Crippen LogP contribution in [0.2, 0.25) is 0 Å². The molecule has 0 aliphatic carbocycles. The van der Waals surface area contributed by atoms with Gasteiger partial charge >= 0.3 is 5.76 Å². The molecular weight excluding hydrogens is 278 g/mol. The zero-order valence-electron chi connectivity index (χ0n) is 10.1. The number of hydrogen-bond acceptors (Lipinski definition) is 4. The van der Waals surface area contributed by atoms with Gasteiger partial charge in [0.2, 0.25) is 15.7 Å². The van der Waals surface area contributed by atoms with Crippen molar-refractivity contribution in [1.82, 2.24) is 0 Å². The lowest BCUT2D eigenvalue weighted by Crippen LogP contribution is -2.26. The zero-order valence-corrected chi connectivity index (χ0v) is 11.0. The molecule has 0 saturated heterocycles. The van der Waals surface area contributed by atoms with Crippen molar-refractivity contribution >= 4 is 21.4 Å². The molecule has 106 valence electrons. The van der Waals surface area contributed by atoms with E-state index in [2.05, 4.69) is 5.32 Å². The number of anilines is 1. The second-order valence-electron chi connectivity index (χ2n) is 3.96. The van der Waals surface area contributed by atoms with Crippen LogP contribution in [0, 0.1) is 5.92 Å². The van der Waals surface area contributed by atoms with Gasteiger partial charge in [0.05, 0.1) is 4.90 Å². The Morgan fingerprint density at radius 1 is 1.42 bits per heavy atom. The van der Waals surface area contributed by atoms with Gasteiger partial charge in [-0.3, -0.25) is 4.79 Å². The maximum atomic E-state index is 12.4. The number of alkyl halides is 2. The van der Waals surface area contributed by atoms with E-state index < -0.39 is 32.3 Å². The number of halogens is 2. The molecule has 1 unspecified atom stereocenters. The first-order valence-corrected chi connectivity index (χ1v) is 6.96. The van der Waals surface area contributed by atoms with Crippen LogP contribution in [0.4, 0.5) is 14.5 Å². The van der Waals surface area contributed by atoms with Gasteiger partial charge in [0.25, 0.3) is 0 Å². The molecule has 1 atom stereocenters. The van der Waals surface area contributed by atoms with Crippen molar-refractivity contribution in [2.75, 3.05) is 11.9 Å². The minimum absolute atomic E-state index is 0.126. The molecule has 1 aromatic rings. The molecule has 0 aliphatic rings. The van der Waals surface area contributed by atoms with E-state index in [0.717, 1.165) is 12.1 Å². The summed E-state index contributed by atoms with van der Waals surface area (Å²) in [5, 5.41) is 2.42. The van der Waals surface area contributed by atoms with Crippen LogP contribution in [0.15, 0.2) is 29.2 Å². The smallest absolute Gasteiger partial charge is 0.330 e. The molecule has 0 radical (unpaired) electrons. The van der Waals surface area contributed by atoms with E-state index in [0.29, 0.717) is 0 Å². The molecule has 0 fully saturated rings. The molecule has 1 amide bonds. The van der Waals surface area contributed by atoms with Gasteiger partial charge in [0.1, 0.15) is 0 Å². The number of nitrogens with two attached hydrogens (primary N) is 1. The van der Waals surface area contributed by atoms with Gasteiger partial charge < -0.3 is 11.1 Å². The minimum Gasteiger partial charge on any atom is -0.330 e. The molecule has 19 heavy (non-hydrogen) atoms. The summed E-state index contributed by atoms with van der Waals surface area (Å²) in [6, 6.07) is 4.72. The Morgan fingerprint density at radius 3 is 2.58 bits per heavy atom. The summed E-state index contributed by atoms with van der Waals surface area (Å²) >= 11 is 0. The second kappa shape index (κ2) is 6.07. The summed E-state index contributed by atoms with van der Waals surface area (Å²) in [5.74, 6) is -4.37. The molecule has 0 heterocycles.